The summed E-state index contributed by atoms with van der Waals surface area (Å²) in [6.07, 6.45) is 12.4. The number of hydrogen-bond donors (Lipinski definition) is 2. The Morgan fingerprint density at radius 3 is 2.40 bits per heavy atom. The molecule has 1 aliphatic heterocycles. The molecule has 1 aliphatic rings. The summed E-state index contributed by atoms with van der Waals surface area (Å²) in [5.41, 5.74) is 4.49. The number of aromatic hydroxyl groups is 1. The van der Waals surface area contributed by atoms with Gasteiger partial charge in [-0.3, -0.25) is 18.7 Å². The number of carbonyl (C=O) groups excluding carboxylic acids is 3. The molecule has 1 amide bonds. The maximum absolute atomic E-state index is 13.1. The number of amides is 1. The molecule has 1 unspecified atom stereocenters. The van der Waals surface area contributed by atoms with Crippen molar-refractivity contribution in [3.8, 4) is 5.75 Å². The van der Waals surface area contributed by atoms with E-state index in [0.717, 1.165) is 99.3 Å². The molecule has 1 atom stereocenters. The van der Waals surface area contributed by atoms with E-state index in [0.29, 0.717) is 17.6 Å². The Kier molecular flexibility index (Phi) is 15.3. The van der Waals surface area contributed by atoms with E-state index in [1.807, 2.05) is 61.1 Å². The largest absolute Gasteiger partial charge is 0.507 e. The summed E-state index contributed by atoms with van der Waals surface area (Å²) in [7, 11) is 3.25. The first-order chi connectivity index (χ1) is 27.7. The number of nitrogens with zero attached hydrogens (tertiary/aromatic N) is 8. The molecule has 3 aromatic heterocycles. The SMILES string of the molecule is CC.CNC(=O)C(CCC=O)n1c(=O)n(C)c2cc(CCCCCCc3cn(Cc4cccc(N5CCN(/C=C/C(=O)c6ccccc6O)CC5)n4)nn3)ccc21. The molecule has 1 fully saturated rings. The van der Waals surface area contributed by atoms with E-state index in [1.165, 1.54) is 23.8 Å². The molecule has 0 saturated carbocycles. The van der Waals surface area contributed by atoms with E-state index in [4.69, 9.17) is 4.98 Å². The highest BCUT2D eigenvalue weighted by atomic mass is 16.3. The van der Waals surface area contributed by atoms with Crippen LogP contribution in [0.3, 0.4) is 0 Å². The number of phenolic OH excluding ortho intramolecular Hbond substituents is 1. The summed E-state index contributed by atoms with van der Waals surface area (Å²) in [5, 5.41) is 21.3. The molecule has 2 N–H and O–H groups in total. The summed E-state index contributed by atoms with van der Waals surface area (Å²) in [6, 6.07) is 17.8. The zero-order valence-corrected chi connectivity index (χ0v) is 33.5. The van der Waals surface area contributed by atoms with E-state index in [9.17, 15) is 24.3 Å². The molecule has 14 nitrogen and oxygen atoms in total. The van der Waals surface area contributed by atoms with Crippen LogP contribution < -0.4 is 15.9 Å². The van der Waals surface area contributed by atoms with Gasteiger partial charge in [-0.25, -0.2) is 14.5 Å². The number of benzene rings is 2. The van der Waals surface area contributed by atoms with Crippen LogP contribution >= 0.6 is 0 Å². The number of allylic oxidation sites excluding steroid dienone is 1. The van der Waals surface area contributed by atoms with Gasteiger partial charge in [0.2, 0.25) is 5.91 Å². The highest BCUT2D eigenvalue weighted by Crippen LogP contribution is 2.23. The number of nitrogens with one attached hydrogen (secondary N) is 1. The van der Waals surface area contributed by atoms with E-state index >= 15 is 0 Å². The van der Waals surface area contributed by atoms with Crippen LogP contribution in [0.25, 0.3) is 11.0 Å². The number of aromatic nitrogens is 6. The van der Waals surface area contributed by atoms with Crippen LogP contribution in [-0.4, -0.2) is 90.3 Å². The number of likely N-dealkylation sites (N-methyl/N-ethyl adjacent to an activating group) is 1. The van der Waals surface area contributed by atoms with Crippen molar-refractivity contribution in [3.63, 3.8) is 0 Å². The molecule has 0 radical (unpaired) electrons. The van der Waals surface area contributed by atoms with Crippen LogP contribution in [0.4, 0.5) is 5.82 Å². The van der Waals surface area contributed by atoms with Crippen LogP contribution in [0.2, 0.25) is 0 Å². The van der Waals surface area contributed by atoms with E-state index in [1.54, 1.807) is 36.0 Å². The number of phenols is 1. The lowest BCUT2D eigenvalue weighted by molar-refractivity contribution is -0.124. The van der Waals surface area contributed by atoms with Crippen molar-refractivity contribution in [1.82, 2.24) is 39.3 Å². The van der Waals surface area contributed by atoms with Gasteiger partial charge in [-0.15, -0.1) is 5.10 Å². The number of aryl methyl sites for hydroxylation is 3. The minimum atomic E-state index is -0.742. The minimum Gasteiger partial charge on any atom is -0.507 e. The summed E-state index contributed by atoms with van der Waals surface area (Å²) in [6.45, 7) is 7.58. The maximum Gasteiger partial charge on any atom is 0.329 e. The first-order valence-corrected chi connectivity index (χ1v) is 19.9. The Labute approximate surface area is 333 Å². The number of fused-ring (bicyclic) bond motifs is 1. The topological polar surface area (TPSA) is 160 Å². The number of para-hydroxylation sites is 1. The van der Waals surface area contributed by atoms with Gasteiger partial charge in [-0.05, 0) is 74.1 Å². The third-order valence-corrected chi connectivity index (χ3v) is 10.2. The number of aldehydes is 1. The van der Waals surface area contributed by atoms with Crippen LogP contribution in [0.1, 0.15) is 85.7 Å². The Balaban J connectivity index is 0.00000305. The average Bonchev–Trinajstić information content (AvgIpc) is 3.79. The van der Waals surface area contributed by atoms with E-state index in [-0.39, 0.29) is 36.0 Å². The lowest BCUT2D eigenvalue weighted by Crippen LogP contribution is -2.44. The second kappa shape index (κ2) is 20.7. The summed E-state index contributed by atoms with van der Waals surface area (Å²) < 4.78 is 4.91. The van der Waals surface area contributed by atoms with Crippen molar-refractivity contribution in [2.75, 3.05) is 38.1 Å². The normalized spacial score (nSPS) is 13.4. The fourth-order valence-electron chi connectivity index (χ4n) is 7.10. The fraction of sp³-hybridized carbons (Fsp3) is 0.419. The number of piperazine rings is 1. The third-order valence-electron chi connectivity index (χ3n) is 10.2. The molecule has 4 heterocycles. The molecule has 14 heteroatoms. The quantitative estimate of drug-likeness (QED) is 0.0522. The molecule has 2 aromatic carbocycles. The van der Waals surface area contributed by atoms with Gasteiger partial charge < -0.3 is 25.0 Å². The van der Waals surface area contributed by atoms with Gasteiger partial charge in [0.15, 0.2) is 5.78 Å². The fourth-order valence-corrected chi connectivity index (χ4v) is 7.10. The lowest BCUT2D eigenvalue weighted by atomic mass is 10.0. The lowest BCUT2D eigenvalue weighted by Gasteiger charge is -2.34. The first kappa shape index (κ1) is 42.1. The summed E-state index contributed by atoms with van der Waals surface area (Å²) >= 11 is 0. The van der Waals surface area contributed by atoms with Gasteiger partial charge in [0.05, 0.1) is 34.5 Å². The number of imidazole rings is 1. The zero-order valence-electron chi connectivity index (χ0n) is 33.5. The number of ketones is 1. The molecular weight excluding hydrogens is 723 g/mol. The van der Waals surface area contributed by atoms with Crippen molar-refractivity contribution in [1.29, 1.82) is 0 Å². The molecule has 0 spiro atoms. The number of rotatable bonds is 18. The van der Waals surface area contributed by atoms with Crippen molar-refractivity contribution in [3.05, 3.63) is 112 Å². The highest BCUT2D eigenvalue weighted by Gasteiger charge is 2.25. The van der Waals surface area contributed by atoms with Gasteiger partial charge in [-0.1, -0.05) is 56.2 Å². The van der Waals surface area contributed by atoms with Crippen LogP contribution in [0.5, 0.6) is 5.75 Å². The standard InChI is InChI=1S/C41H49N9O5.C2H6/c1-42-40(54)35(15-10-26-51)50-34-19-18-30(27-36(34)46(2)41(50)55)11-5-3-4-6-12-32-29-49(45-44-32)28-31-13-9-17-39(43-31)48-24-22-47(23-25-48)21-20-38(53)33-14-7-8-16-37(33)52;1-2/h7-9,13-14,16-21,26-27,29,35,52H,3-6,10-12,15,22-25,28H2,1-2H3,(H,42,54);1-2H3/b21-20+;. The average molecular weight is 778 g/mol. The number of hydrogen-bond acceptors (Lipinski definition) is 10. The molecular formula is C43H55N9O5. The number of anilines is 1. The Morgan fingerprint density at radius 1 is 0.912 bits per heavy atom. The van der Waals surface area contributed by atoms with Gasteiger partial charge in [0, 0.05) is 65.2 Å². The molecule has 0 aliphatic carbocycles. The first-order valence-electron chi connectivity index (χ1n) is 19.9. The molecule has 6 rings (SSSR count). The number of pyridine rings is 1. The predicted molar refractivity (Wildman–Crippen MR) is 222 cm³/mol. The molecule has 302 valence electrons. The van der Waals surface area contributed by atoms with Gasteiger partial charge in [0.1, 0.15) is 23.9 Å². The Bertz CT molecular complexity index is 2200. The number of unbranched alkanes of at least 4 members (excludes halogenated alkanes) is 3. The van der Waals surface area contributed by atoms with Gasteiger partial charge >= 0.3 is 5.69 Å². The number of carbonyl (C=O) groups is 3. The monoisotopic (exact) mass is 777 g/mol. The molecule has 57 heavy (non-hydrogen) atoms. The highest BCUT2D eigenvalue weighted by molar-refractivity contribution is 6.06. The Hall–Kier alpha value is -6.05. The Morgan fingerprint density at radius 2 is 1.67 bits per heavy atom. The molecule has 1 saturated heterocycles. The van der Waals surface area contributed by atoms with Gasteiger partial charge in [-0.2, -0.15) is 0 Å². The molecule has 0 bridgehead atoms. The second-order valence-corrected chi connectivity index (χ2v) is 13.9. The van der Waals surface area contributed by atoms with Crippen molar-refractivity contribution in [2.45, 2.75) is 77.8 Å². The summed E-state index contributed by atoms with van der Waals surface area (Å²) in [4.78, 5) is 58.5. The van der Waals surface area contributed by atoms with Crippen LogP contribution in [-0.2, 0) is 36.0 Å². The second-order valence-electron chi connectivity index (χ2n) is 13.9. The summed E-state index contributed by atoms with van der Waals surface area (Å²) in [5.74, 6) is 0.387. The van der Waals surface area contributed by atoms with E-state index < -0.39 is 6.04 Å². The van der Waals surface area contributed by atoms with Crippen LogP contribution in [0, 0.1) is 0 Å². The van der Waals surface area contributed by atoms with Crippen molar-refractivity contribution < 1.29 is 19.5 Å². The zero-order chi connectivity index (χ0) is 40.7. The third kappa shape index (κ3) is 10.8. The predicted octanol–water partition coefficient (Wildman–Crippen LogP) is 5.24. The molecule has 5 aromatic rings. The van der Waals surface area contributed by atoms with Crippen molar-refractivity contribution >= 4 is 34.8 Å². The van der Waals surface area contributed by atoms with E-state index in [2.05, 4.69) is 25.4 Å². The smallest absolute Gasteiger partial charge is 0.329 e. The van der Waals surface area contributed by atoms with Gasteiger partial charge in [0.25, 0.3) is 0 Å². The minimum absolute atomic E-state index is 0.0143. The maximum atomic E-state index is 13.1. The van der Waals surface area contributed by atoms with Crippen molar-refractivity contribution in [2.24, 2.45) is 7.05 Å². The van der Waals surface area contributed by atoms with Crippen LogP contribution in [0.15, 0.2) is 83.9 Å².